The highest BCUT2D eigenvalue weighted by molar-refractivity contribution is 7.99. The lowest BCUT2D eigenvalue weighted by Gasteiger charge is -2.15. The lowest BCUT2D eigenvalue weighted by Crippen LogP contribution is -2.28. The lowest BCUT2D eigenvalue weighted by atomic mass is 10.1. The zero-order chi connectivity index (χ0) is 23.8. The molecule has 1 heterocycles. The number of aromatic nitrogens is 3. The van der Waals surface area contributed by atoms with Gasteiger partial charge in [-0.1, -0.05) is 30.8 Å². The molecule has 0 unspecified atom stereocenters. The Labute approximate surface area is 198 Å². The quantitative estimate of drug-likeness (QED) is 0.436. The predicted molar refractivity (Wildman–Crippen MR) is 130 cm³/mol. The summed E-state index contributed by atoms with van der Waals surface area (Å²) in [5.41, 5.74) is 2.52. The van der Waals surface area contributed by atoms with Crippen LogP contribution < -0.4 is 15.4 Å². The van der Waals surface area contributed by atoms with Crippen LogP contribution in [-0.4, -0.2) is 39.4 Å². The van der Waals surface area contributed by atoms with Crippen molar-refractivity contribution in [1.29, 1.82) is 0 Å². The van der Waals surface area contributed by atoms with Gasteiger partial charge < -0.3 is 19.9 Å². The Balaban J connectivity index is 1.59. The summed E-state index contributed by atoms with van der Waals surface area (Å²) >= 11 is 1.31. The van der Waals surface area contributed by atoms with Crippen molar-refractivity contribution >= 4 is 29.3 Å². The maximum atomic E-state index is 12.6. The number of rotatable bonds is 10. The molecule has 0 saturated heterocycles. The van der Waals surface area contributed by atoms with Crippen LogP contribution in [0.4, 0.5) is 5.69 Å². The van der Waals surface area contributed by atoms with Crippen molar-refractivity contribution in [3.8, 4) is 5.75 Å². The molecule has 0 aliphatic rings. The highest BCUT2D eigenvalue weighted by Gasteiger charge is 2.20. The Morgan fingerprint density at radius 2 is 1.76 bits per heavy atom. The highest BCUT2D eigenvalue weighted by atomic mass is 32.2. The number of methoxy groups -OCH3 is 1. The minimum atomic E-state index is -0.354. The van der Waals surface area contributed by atoms with Gasteiger partial charge >= 0.3 is 0 Å². The normalized spacial score (nSPS) is 11.6. The molecular weight excluding hydrogens is 438 g/mol. The van der Waals surface area contributed by atoms with Crippen LogP contribution >= 0.6 is 11.8 Å². The van der Waals surface area contributed by atoms with E-state index >= 15 is 0 Å². The molecule has 0 spiro atoms. The molecule has 0 fully saturated rings. The van der Waals surface area contributed by atoms with Gasteiger partial charge in [0.1, 0.15) is 5.75 Å². The van der Waals surface area contributed by atoms with E-state index in [1.165, 1.54) is 17.3 Å². The fourth-order valence-electron chi connectivity index (χ4n) is 3.26. The lowest BCUT2D eigenvalue weighted by molar-refractivity contribution is -0.113. The summed E-state index contributed by atoms with van der Waals surface area (Å²) in [6.07, 6.45) is 0.956. The van der Waals surface area contributed by atoms with Crippen LogP contribution in [0, 0.1) is 0 Å². The zero-order valence-electron chi connectivity index (χ0n) is 19.3. The predicted octanol–water partition coefficient (Wildman–Crippen LogP) is 4.09. The Morgan fingerprint density at radius 1 is 1.06 bits per heavy atom. The van der Waals surface area contributed by atoms with Crippen molar-refractivity contribution in [2.75, 3.05) is 18.2 Å². The van der Waals surface area contributed by atoms with E-state index in [-0.39, 0.29) is 23.6 Å². The summed E-state index contributed by atoms with van der Waals surface area (Å²) in [5.74, 6) is 1.21. The van der Waals surface area contributed by atoms with Gasteiger partial charge in [0.25, 0.3) is 5.91 Å². The molecule has 1 aromatic heterocycles. The number of benzene rings is 2. The average molecular weight is 468 g/mol. The molecule has 0 radical (unpaired) electrons. The number of aryl methyl sites for hydroxylation is 1. The van der Waals surface area contributed by atoms with Crippen molar-refractivity contribution < 1.29 is 14.3 Å². The van der Waals surface area contributed by atoms with Gasteiger partial charge in [-0.05, 0) is 62.2 Å². The molecule has 9 heteroatoms. The van der Waals surface area contributed by atoms with E-state index in [2.05, 4.69) is 27.8 Å². The summed E-state index contributed by atoms with van der Waals surface area (Å²) in [7, 11) is 1.58. The third-order valence-electron chi connectivity index (χ3n) is 5.13. The molecule has 33 heavy (non-hydrogen) atoms. The summed E-state index contributed by atoms with van der Waals surface area (Å²) < 4.78 is 7.04. The molecule has 174 valence electrons. The molecule has 8 nitrogen and oxygen atoms in total. The first kappa shape index (κ1) is 24.3. The summed E-state index contributed by atoms with van der Waals surface area (Å²) in [6, 6.07) is 14.4. The van der Waals surface area contributed by atoms with Gasteiger partial charge in [0.2, 0.25) is 5.91 Å². The minimum absolute atomic E-state index is 0.114. The smallest absolute Gasteiger partial charge is 0.251 e. The highest BCUT2D eigenvalue weighted by Crippen LogP contribution is 2.21. The van der Waals surface area contributed by atoms with Gasteiger partial charge in [-0.25, -0.2) is 0 Å². The largest absolute Gasteiger partial charge is 0.497 e. The molecule has 3 aromatic rings. The van der Waals surface area contributed by atoms with Crippen LogP contribution in [0.5, 0.6) is 5.75 Å². The number of hydrogen-bond donors (Lipinski definition) is 2. The van der Waals surface area contributed by atoms with E-state index in [0.29, 0.717) is 28.8 Å². The van der Waals surface area contributed by atoms with Crippen molar-refractivity contribution in [3.63, 3.8) is 0 Å². The molecule has 0 aliphatic heterocycles. The first-order chi connectivity index (χ1) is 15.9. The zero-order valence-corrected chi connectivity index (χ0v) is 20.1. The van der Waals surface area contributed by atoms with Crippen LogP contribution in [0.3, 0.4) is 0 Å². The van der Waals surface area contributed by atoms with E-state index in [4.69, 9.17) is 4.74 Å². The Morgan fingerprint density at radius 3 is 2.36 bits per heavy atom. The Bertz CT molecular complexity index is 1080. The number of thioether (sulfide) groups is 1. The van der Waals surface area contributed by atoms with E-state index in [1.807, 2.05) is 42.7 Å². The standard InChI is InChI=1S/C24H29N5O3S/c1-5-17-7-11-19(12-8-17)26-21(30)15-33-24-28-27-22(29(24)6-2)16(3)25-23(31)18-9-13-20(32-4)14-10-18/h7-14,16H,5-6,15H2,1-4H3,(H,25,31)(H,26,30)/t16-/m1/s1. The molecule has 0 aliphatic carbocycles. The first-order valence-corrected chi connectivity index (χ1v) is 11.8. The van der Waals surface area contributed by atoms with Crippen LogP contribution in [0.2, 0.25) is 0 Å². The number of nitrogens with one attached hydrogen (secondary N) is 2. The minimum Gasteiger partial charge on any atom is -0.497 e. The first-order valence-electron chi connectivity index (χ1n) is 10.8. The maximum Gasteiger partial charge on any atom is 0.251 e. The van der Waals surface area contributed by atoms with E-state index in [9.17, 15) is 9.59 Å². The van der Waals surface area contributed by atoms with Crippen molar-refractivity contribution in [2.24, 2.45) is 0 Å². The number of amides is 2. The van der Waals surface area contributed by atoms with Gasteiger partial charge in [-0.2, -0.15) is 0 Å². The van der Waals surface area contributed by atoms with Gasteiger partial charge in [0.05, 0.1) is 18.9 Å². The SMILES string of the molecule is CCc1ccc(NC(=O)CSc2nnc([C@@H](C)NC(=O)c3ccc(OC)cc3)n2CC)cc1. The van der Waals surface area contributed by atoms with Gasteiger partial charge in [-0.3, -0.25) is 9.59 Å². The average Bonchev–Trinajstić information content (AvgIpc) is 3.26. The number of hydrogen-bond acceptors (Lipinski definition) is 6. The molecular formula is C24H29N5O3S. The molecule has 0 saturated carbocycles. The number of ether oxygens (including phenoxy) is 1. The number of carbonyl (C=O) groups is 2. The molecule has 1 atom stereocenters. The number of carbonyl (C=O) groups excluding carboxylic acids is 2. The van der Waals surface area contributed by atoms with Crippen LogP contribution in [0.25, 0.3) is 0 Å². The summed E-state index contributed by atoms with van der Waals surface area (Å²) in [5, 5.41) is 15.0. The van der Waals surface area contributed by atoms with E-state index < -0.39 is 0 Å². The second-order valence-corrected chi connectivity index (χ2v) is 8.34. The van der Waals surface area contributed by atoms with E-state index in [0.717, 1.165) is 12.1 Å². The molecule has 2 amide bonds. The third kappa shape index (κ3) is 6.35. The fraction of sp³-hybridized carbons (Fsp3) is 0.333. The van der Waals surface area contributed by atoms with Crippen LogP contribution in [0.1, 0.15) is 48.6 Å². The summed E-state index contributed by atoms with van der Waals surface area (Å²) in [6.45, 7) is 6.55. The molecule has 2 aromatic carbocycles. The molecule has 0 bridgehead atoms. The second kappa shape index (κ2) is 11.5. The fourth-order valence-corrected chi connectivity index (χ4v) is 4.07. The van der Waals surface area contributed by atoms with E-state index in [1.54, 1.807) is 31.4 Å². The van der Waals surface area contributed by atoms with Gasteiger partial charge in [0, 0.05) is 17.8 Å². The van der Waals surface area contributed by atoms with Crippen molar-refractivity contribution in [3.05, 3.63) is 65.5 Å². The Hall–Kier alpha value is -3.33. The van der Waals surface area contributed by atoms with Gasteiger partial charge in [0.15, 0.2) is 11.0 Å². The van der Waals surface area contributed by atoms with Crippen LogP contribution in [0.15, 0.2) is 53.7 Å². The maximum absolute atomic E-state index is 12.6. The summed E-state index contributed by atoms with van der Waals surface area (Å²) in [4.78, 5) is 25.0. The van der Waals surface area contributed by atoms with Crippen LogP contribution in [-0.2, 0) is 17.8 Å². The number of anilines is 1. The van der Waals surface area contributed by atoms with Gasteiger partial charge in [-0.15, -0.1) is 10.2 Å². The Kier molecular flexibility index (Phi) is 8.48. The monoisotopic (exact) mass is 467 g/mol. The van der Waals surface area contributed by atoms with Crippen molar-refractivity contribution in [1.82, 2.24) is 20.1 Å². The second-order valence-electron chi connectivity index (χ2n) is 7.40. The van der Waals surface area contributed by atoms with Crippen molar-refractivity contribution in [2.45, 2.75) is 44.9 Å². The topological polar surface area (TPSA) is 98.1 Å². The molecule has 3 rings (SSSR count). The number of nitrogens with zero attached hydrogens (tertiary/aromatic N) is 3. The third-order valence-corrected chi connectivity index (χ3v) is 6.09. The molecule has 2 N–H and O–H groups in total.